The predicted octanol–water partition coefficient (Wildman–Crippen LogP) is 2.56. The van der Waals surface area contributed by atoms with Crippen molar-refractivity contribution in [3.8, 4) is 5.75 Å². The van der Waals surface area contributed by atoms with E-state index in [4.69, 9.17) is 4.74 Å². The lowest BCUT2D eigenvalue weighted by Gasteiger charge is -2.13. The smallest absolute Gasteiger partial charge is 0.121 e. The average molecular weight is 234 g/mol. The Kier molecular flexibility index (Phi) is 4.26. The molecule has 1 aliphatic heterocycles. The molecule has 0 bridgehead atoms. The summed E-state index contributed by atoms with van der Waals surface area (Å²) in [5, 5.41) is 6.98. The molecule has 2 rings (SSSR count). The number of benzene rings is 1. The van der Waals surface area contributed by atoms with Gasteiger partial charge in [0.1, 0.15) is 5.75 Å². The zero-order valence-corrected chi connectivity index (χ0v) is 10.8. The quantitative estimate of drug-likeness (QED) is 0.821. The van der Waals surface area contributed by atoms with Crippen molar-refractivity contribution >= 4 is 5.69 Å². The number of anilines is 1. The molecule has 1 aliphatic rings. The van der Waals surface area contributed by atoms with Crippen LogP contribution in [0.5, 0.6) is 5.75 Å². The third-order valence-corrected chi connectivity index (χ3v) is 3.38. The Morgan fingerprint density at radius 1 is 1.47 bits per heavy atom. The molecule has 1 fully saturated rings. The topological polar surface area (TPSA) is 33.3 Å². The molecule has 1 aromatic rings. The van der Waals surface area contributed by atoms with E-state index in [0.29, 0.717) is 6.04 Å². The Morgan fingerprint density at radius 3 is 3.00 bits per heavy atom. The summed E-state index contributed by atoms with van der Waals surface area (Å²) in [5.74, 6) is 0.952. The molecular formula is C14H22N2O. The Balaban J connectivity index is 1.80. The van der Waals surface area contributed by atoms with Gasteiger partial charge in [0.2, 0.25) is 0 Å². The summed E-state index contributed by atoms with van der Waals surface area (Å²) in [6.45, 7) is 4.29. The first kappa shape index (κ1) is 12.2. The van der Waals surface area contributed by atoms with Gasteiger partial charge in [0.05, 0.1) is 7.11 Å². The van der Waals surface area contributed by atoms with E-state index in [1.807, 2.05) is 6.07 Å². The van der Waals surface area contributed by atoms with Crippen LogP contribution in [0.25, 0.3) is 0 Å². The maximum atomic E-state index is 5.25. The molecule has 1 aromatic carbocycles. The minimum atomic E-state index is 0.710. The van der Waals surface area contributed by atoms with Crippen molar-refractivity contribution < 1.29 is 4.74 Å². The lowest BCUT2D eigenvalue weighted by Crippen LogP contribution is -2.24. The SMILES string of the molecule is COc1ccc(NCCC2CCCN2)cc1C. The number of nitrogens with one attached hydrogen (secondary N) is 2. The summed E-state index contributed by atoms with van der Waals surface area (Å²) in [5.41, 5.74) is 2.36. The van der Waals surface area contributed by atoms with Gasteiger partial charge in [-0.2, -0.15) is 0 Å². The Morgan fingerprint density at radius 2 is 2.35 bits per heavy atom. The minimum absolute atomic E-state index is 0.710. The zero-order valence-electron chi connectivity index (χ0n) is 10.8. The van der Waals surface area contributed by atoms with Gasteiger partial charge in [-0.1, -0.05) is 0 Å². The van der Waals surface area contributed by atoms with Gasteiger partial charge in [-0.05, 0) is 56.5 Å². The van der Waals surface area contributed by atoms with Crippen molar-refractivity contribution in [3.63, 3.8) is 0 Å². The van der Waals surface area contributed by atoms with Crippen LogP contribution in [0.2, 0.25) is 0 Å². The van der Waals surface area contributed by atoms with Gasteiger partial charge >= 0.3 is 0 Å². The number of aryl methyl sites for hydroxylation is 1. The van der Waals surface area contributed by atoms with Crippen LogP contribution in [0.1, 0.15) is 24.8 Å². The van der Waals surface area contributed by atoms with Crippen LogP contribution < -0.4 is 15.4 Å². The second-order valence-corrected chi connectivity index (χ2v) is 4.69. The lowest BCUT2D eigenvalue weighted by molar-refractivity contribution is 0.412. The minimum Gasteiger partial charge on any atom is -0.496 e. The van der Waals surface area contributed by atoms with E-state index in [2.05, 4.69) is 29.7 Å². The Hall–Kier alpha value is -1.22. The Bertz CT molecular complexity index is 359. The second kappa shape index (κ2) is 5.92. The molecule has 1 atom stereocenters. The highest BCUT2D eigenvalue weighted by Crippen LogP contribution is 2.21. The summed E-state index contributed by atoms with van der Waals surface area (Å²) in [4.78, 5) is 0. The molecule has 1 saturated heterocycles. The van der Waals surface area contributed by atoms with E-state index in [0.717, 1.165) is 12.3 Å². The van der Waals surface area contributed by atoms with Gasteiger partial charge in [-0.25, -0.2) is 0 Å². The first-order valence-corrected chi connectivity index (χ1v) is 6.41. The number of hydrogen-bond acceptors (Lipinski definition) is 3. The van der Waals surface area contributed by atoms with Crippen molar-refractivity contribution in [1.82, 2.24) is 5.32 Å². The zero-order chi connectivity index (χ0) is 12.1. The van der Waals surface area contributed by atoms with E-state index >= 15 is 0 Å². The van der Waals surface area contributed by atoms with Crippen LogP contribution in [-0.2, 0) is 0 Å². The fourth-order valence-electron chi connectivity index (χ4n) is 2.38. The summed E-state index contributed by atoms with van der Waals surface area (Å²) >= 11 is 0. The molecule has 0 radical (unpaired) electrons. The number of rotatable bonds is 5. The van der Waals surface area contributed by atoms with Crippen molar-refractivity contribution in [1.29, 1.82) is 0 Å². The van der Waals surface area contributed by atoms with Crippen molar-refractivity contribution in [2.24, 2.45) is 0 Å². The Labute approximate surface area is 104 Å². The molecule has 0 aliphatic carbocycles. The third kappa shape index (κ3) is 3.37. The highest BCUT2D eigenvalue weighted by Gasteiger charge is 2.12. The van der Waals surface area contributed by atoms with E-state index in [-0.39, 0.29) is 0 Å². The van der Waals surface area contributed by atoms with E-state index in [1.54, 1.807) is 7.11 Å². The summed E-state index contributed by atoms with van der Waals surface area (Å²) in [7, 11) is 1.71. The van der Waals surface area contributed by atoms with Crippen LogP contribution in [0.4, 0.5) is 5.69 Å². The molecule has 17 heavy (non-hydrogen) atoms. The van der Waals surface area contributed by atoms with Gasteiger partial charge in [0.15, 0.2) is 0 Å². The maximum absolute atomic E-state index is 5.25. The first-order valence-electron chi connectivity index (χ1n) is 6.41. The summed E-state index contributed by atoms with van der Waals surface area (Å²) in [6, 6.07) is 6.95. The molecule has 0 saturated carbocycles. The summed E-state index contributed by atoms with van der Waals surface area (Å²) < 4.78 is 5.25. The molecule has 0 aromatic heterocycles. The standard InChI is InChI=1S/C14H22N2O/c1-11-10-13(5-6-14(11)17-2)16-9-7-12-4-3-8-15-12/h5-6,10,12,15-16H,3-4,7-9H2,1-2H3. The monoisotopic (exact) mass is 234 g/mol. The third-order valence-electron chi connectivity index (χ3n) is 3.38. The number of hydrogen-bond donors (Lipinski definition) is 2. The predicted molar refractivity (Wildman–Crippen MR) is 71.9 cm³/mol. The first-order chi connectivity index (χ1) is 8.29. The normalized spacial score (nSPS) is 19.3. The van der Waals surface area contributed by atoms with Crippen molar-refractivity contribution in [2.75, 3.05) is 25.5 Å². The molecule has 1 heterocycles. The number of methoxy groups -OCH3 is 1. The second-order valence-electron chi connectivity index (χ2n) is 4.69. The largest absolute Gasteiger partial charge is 0.496 e. The fourth-order valence-corrected chi connectivity index (χ4v) is 2.38. The molecular weight excluding hydrogens is 212 g/mol. The molecule has 0 amide bonds. The lowest BCUT2D eigenvalue weighted by atomic mass is 10.1. The maximum Gasteiger partial charge on any atom is 0.121 e. The fraction of sp³-hybridized carbons (Fsp3) is 0.571. The van der Waals surface area contributed by atoms with Crippen molar-refractivity contribution in [2.45, 2.75) is 32.2 Å². The van der Waals surface area contributed by atoms with Crippen LogP contribution in [0, 0.1) is 6.92 Å². The van der Waals surface area contributed by atoms with E-state index < -0.39 is 0 Å². The van der Waals surface area contributed by atoms with Gasteiger partial charge in [-0.3, -0.25) is 0 Å². The summed E-state index contributed by atoms with van der Waals surface area (Å²) in [6.07, 6.45) is 3.85. The van der Waals surface area contributed by atoms with Gasteiger partial charge < -0.3 is 15.4 Å². The highest BCUT2D eigenvalue weighted by atomic mass is 16.5. The molecule has 1 unspecified atom stereocenters. The van der Waals surface area contributed by atoms with Crippen LogP contribution in [0.3, 0.4) is 0 Å². The van der Waals surface area contributed by atoms with Crippen LogP contribution in [-0.4, -0.2) is 26.2 Å². The van der Waals surface area contributed by atoms with Crippen LogP contribution >= 0.6 is 0 Å². The average Bonchev–Trinajstić information content (AvgIpc) is 2.82. The van der Waals surface area contributed by atoms with Gasteiger partial charge in [0.25, 0.3) is 0 Å². The molecule has 94 valence electrons. The van der Waals surface area contributed by atoms with E-state index in [9.17, 15) is 0 Å². The van der Waals surface area contributed by atoms with Gasteiger partial charge in [-0.15, -0.1) is 0 Å². The molecule has 3 nitrogen and oxygen atoms in total. The number of ether oxygens (including phenoxy) is 1. The van der Waals surface area contributed by atoms with Crippen molar-refractivity contribution in [3.05, 3.63) is 23.8 Å². The molecule has 2 N–H and O–H groups in total. The molecule has 3 heteroatoms. The van der Waals surface area contributed by atoms with Crippen LogP contribution in [0.15, 0.2) is 18.2 Å². The molecule has 0 spiro atoms. The van der Waals surface area contributed by atoms with E-state index in [1.165, 1.54) is 37.1 Å². The van der Waals surface area contributed by atoms with Gasteiger partial charge in [0, 0.05) is 18.3 Å². The highest BCUT2D eigenvalue weighted by molar-refractivity contribution is 5.50.